The monoisotopic (exact) mass is 261 g/mol. The molecule has 0 saturated heterocycles. The summed E-state index contributed by atoms with van der Waals surface area (Å²) < 4.78 is 25.5. The molecule has 1 aromatic rings. The van der Waals surface area contributed by atoms with Crippen LogP contribution in [0.25, 0.3) is 0 Å². The zero-order valence-corrected chi connectivity index (χ0v) is 10.3. The highest BCUT2D eigenvalue weighted by Crippen LogP contribution is 2.12. The van der Waals surface area contributed by atoms with Gasteiger partial charge in [0.1, 0.15) is 10.7 Å². The Bertz CT molecular complexity index is 493. The van der Waals surface area contributed by atoms with Crippen molar-refractivity contribution in [2.24, 2.45) is 0 Å². The molecule has 0 aliphatic carbocycles. The van der Waals surface area contributed by atoms with Crippen molar-refractivity contribution in [3.05, 3.63) is 6.20 Å². The smallest absolute Gasteiger partial charge is 0.246 e. The zero-order valence-electron chi connectivity index (χ0n) is 9.52. The molecule has 96 valence electrons. The molecule has 5 N–H and O–H groups in total. The van der Waals surface area contributed by atoms with Gasteiger partial charge in [-0.1, -0.05) is 0 Å². The third-order valence-electron chi connectivity index (χ3n) is 1.79. The topological polar surface area (TPSA) is 130 Å². The number of anilines is 1. The highest BCUT2D eigenvalue weighted by atomic mass is 32.2. The average molecular weight is 261 g/mol. The van der Waals surface area contributed by atoms with E-state index in [1.165, 1.54) is 0 Å². The van der Waals surface area contributed by atoms with Gasteiger partial charge in [-0.25, -0.2) is 13.1 Å². The van der Waals surface area contributed by atoms with Crippen molar-refractivity contribution in [1.29, 1.82) is 0 Å². The molecule has 1 aromatic heterocycles. The normalized spacial score (nSPS) is 11.7. The second-order valence-corrected chi connectivity index (χ2v) is 5.43. The lowest BCUT2D eigenvalue weighted by Crippen LogP contribution is -2.39. The van der Waals surface area contributed by atoms with Crippen LogP contribution in [0.2, 0.25) is 0 Å². The molecule has 9 heteroatoms. The molecule has 0 saturated carbocycles. The summed E-state index contributed by atoms with van der Waals surface area (Å²) in [4.78, 5) is 11.1. The number of H-pyrrole nitrogens is 1. The van der Waals surface area contributed by atoms with Gasteiger partial charge in [0.15, 0.2) is 0 Å². The molecule has 0 spiro atoms. The third-order valence-corrected chi connectivity index (χ3v) is 3.22. The van der Waals surface area contributed by atoms with Crippen LogP contribution in [0.5, 0.6) is 0 Å². The van der Waals surface area contributed by atoms with Crippen LogP contribution < -0.4 is 15.8 Å². The predicted octanol–water partition coefficient (Wildman–Crippen LogP) is -1.21. The van der Waals surface area contributed by atoms with Crippen molar-refractivity contribution in [2.45, 2.75) is 24.8 Å². The fraction of sp³-hybridized carbons (Fsp3) is 0.500. The lowest BCUT2D eigenvalue weighted by Gasteiger charge is -2.09. The van der Waals surface area contributed by atoms with E-state index in [1.54, 1.807) is 13.8 Å². The SMILES string of the molecule is CC(C)NC(=O)CNS(=O)(=O)c1cn[nH]c1N. The number of nitrogen functional groups attached to an aromatic ring is 1. The molecule has 8 nitrogen and oxygen atoms in total. The minimum Gasteiger partial charge on any atom is -0.383 e. The van der Waals surface area contributed by atoms with Crippen LogP contribution in [0.4, 0.5) is 5.82 Å². The fourth-order valence-corrected chi connectivity index (χ4v) is 2.11. The van der Waals surface area contributed by atoms with Crippen LogP contribution in [0.3, 0.4) is 0 Å². The minimum atomic E-state index is -3.81. The van der Waals surface area contributed by atoms with Crippen LogP contribution in [0.1, 0.15) is 13.8 Å². The molecule has 17 heavy (non-hydrogen) atoms. The van der Waals surface area contributed by atoms with Crippen molar-refractivity contribution in [2.75, 3.05) is 12.3 Å². The number of hydrogen-bond donors (Lipinski definition) is 4. The van der Waals surface area contributed by atoms with E-state index in [9.17, 15) is 13.2 Å². The first-order chi connectivity index (χ1) is 7.83. The largest absolute Gasteiger partial charge is 0.383 e. The number of sulfonamides is 1. The summed E-state index contributed by atoms with van der Waals surface area (Å²) in [5, 5.41) is 8.35. The number of carbonyl (C=O) groups excluding carboxylic acids is 1. The van der Waals surface area contributed by atoms with E-state index < -0.39 is 15.9 Å². The van der Waals surface area contributed by atoms with Crippen molar-refractivity contribution < 1.29 is 13.2 Å². The summed E-state index contributed by atoms with van der Waals surface area (Å²) in [7, 11) is -3.81. The number of amides is 1. The predicted molar refractivity (Wildman–Crippen MR) is 61.5 cm³/mol. The van der Waals surface area contributed by atoms with Gasteiger partial charge in [0, 0.05) is 6.04 Å². The van der Waals surface area contributed by atoms with Gasteiger partial charge in [-0.3, -0.25) is 9.89 Å². The number of rotatable bonds is 5. The van der Waals surface area contributed by atoms with Gasteiger partial charge in [0.2, 0.25) is 15.9 Å². The number of aromatic amines is 1. The number of carbonyl (C=O) groups is 1. The molecule has 1 amide bonds. The Morgan fingerprint density at radius 3 is 2.71 bits per heavy atom. The van der Waals surface area contributed by atoms with E-state index in [1.807, 2.05) is 0 Å². The van der Waals surface area contributed by atoms with Crippen molar-refractivity contribution >= 4 is 21.7 Å². The van der Waals surface area contributed by atoms with Gasteiger partial charge in [-0.05, 0) is 13.8 Å². The van der Waals surface area contributed by atoms with Crippen molar-refractivity contribution in [3.8, 4) is 0 Å². The van der Waals surface area contributed by atoms with Crippen LogP contribution in [0.15, 0.2) is 11.1 Å². The number of aromatic nitrogens is 2. The lowest BCUT2D eigenvalue weighted by atomic mass is 10.4. The number of nitrogens with two attached hydrogens (primary N) is 1. The maximum atomic E-state index is 11.7. The number of hydrogen-bond acceptors (Lipinski definition) is 5. The van der Waals surface area contributed by atoms with Gasteiger partial charge in [-0.2, -0.15) is 5.10 Å². The standard InChI is InChI=1S/C8H15N5O3S/c1-5(2)12-7(14)4-11-17(15,16)6-3-10-13-8(6)9/h3,5,11H,4H2,1-2H3,(H,12,14)(H3,9,10,13). The van der Waals surface area contributed by atoms with Crippen molar-refractivity contribution in [1.82, 2.24) is 20.2 Å². The molecule has 1 heterocycles. The summed E-state index contributed by atoms with van der Waals surface area (Å²) in [5.41, 5.74) is 5.38. The van der Waals surface area contributed by atoms with Gasteiger partial charge in [0.05, 0.1) is 12.7 Å². The Morgan fingerprint density at radius 1 is 1.59 bits per heavy atom. The number of nitrogens with one attached hydrogen (secondary N) is 3. The van der Waals surface area contributed by atoms with Gasteiger partial charge >= 0.3 is 0 Å². The fourth-order valence-electron chi connectivity index (χ4n) is 1.11. The molecule has 0 atom stereocenters. The second-order valence-electron chi connectivity index (χ2n) is 3.69. The molecule has 0 aliphatic rings. The molecular formula is C8H15N5O3S. The molecule has 0 fully saturated rings. The van der Waals surface area contributed by atoms with Crippen LogP contribution in [0, 0.1) is 0 Å². The Morgan fingerprint density at radius 2 is 2.24 bits per heavy atom. The minimum absolute atomic E-state index is 0.0500. The van der Waals surface area contributed by atoms with Gasteiger partial charge < -0.3 is 11.1 Å². The Kier molecular flexibility index (Phi) is 4.07. The molecule has 0 aliphatic heterocycles. The Labute approximate surface area is 99.0 Å². The first-order valence-electron chi connectivity index (χ1n) is 4.91. The summed E-state index contributed by atoms with van der Waals surface area (Å²) in [6.07, 6.45) is 1.08. The van der Waals surface area contributed by atoms with E-state index in [2.05, 4.69) is 20.2 Å². The lowest BCUT2D eigenvalue weighted by molar-refractivity contribution is -0.120. The number of nitrogens with zero attached hydrogens (tertiary/aromatic N) is 1. The molecule has 0 bridgehead atoms. The van der Waals surface area contributed by atoms with E-state index in [4.69, 9.17) is 5.73 Å². The van der Waals surface area contributed by atoms with E-state index in [0.717, 1.165) is 6.20 Å². The summed E-state index contributed by atoms with van der Waals surface area (Å²) in [5.74, 6) is -0.479. The molecular weight excluding hydrogens is 246 g/mol. The summed E-state index contributed by atoms with van der Waals surface area (Å²) >= 11 is 0. The van der Waals surface area contributed by atoms with E-state index in [0.29, 0.717) is 0 Å². The highest BCUT2D eigenvalue weighted by Gasteiger charge is 2.20. The molecule has 0 aromatic carbocycles. The highest BCUT2D eigenvalue weighted by molar-refractivity contribution is 7.89. The first-order valence-corrected chi connectivity index (χ1v) is 6.39. The maximum Gasteiger partial charge on any atom is 0.246 e. The van der Waals surface area contributed by atoms with Crippen LogP contribution in [-0.4, -0.2) is 37.1 Å². The molecule has 0 radical (unpaired) electrons. The van der Waals surface area contributed by atoms with Gasteiger partial charge in [-0.15, -0.1) is 0 Å². The van der Waals surface area contributed by atoms with Crippen LogP contribution >= 0.6 is 0 Å². The first kappa shape index (κ1) is 13.5. The third kappa shape index (κ3) is 3.71. The second kappa shape index (κ2) is 5.15. The summed E-state index contributed by atoms with van der Waals surface area (Å²) in [6, 6.07) is -0.0500. The van der Waals surface area contributed by atoms with Crippen molar-refractivity contribution in [3.63, 3.8) is 0 Å². The van der Waals surface area contributed by atoms with Crippen LogP contribution in [-0.2, 0) is 14.8 Å². The molecule has 0 unspecified atom stereocenters. The average Bonchev–Trinajstić information content (AvgIpc) is 2.61. The van der Waals surface area contributed by atoms with E-state index in [-0.39, 0.29) is 23.3 Å². The Hall–Kier alpha value is -1.61. The van der Waals surface area contributed by atoms with Gasteiger partial charge in [0.25, 0.3) is 0 Å². The Balaban J connectivity index is 2.64. The zero-order chi connectivity index (χ0) is 13.1. The maximum absolute atomic E-state index is 11.7. The molecule has 1 rings (SSSR count). The van der Waals surface area contributed by atoms with E-state index >= 15 is 0 Å². The summed E-state index contributed by atoms with van der Waals surface area (Å²) in [6.45, 7) is 3.21. The quantitative estimate of drug-likeness (QED) is 0.528.